The number of carbonyl (C=O) groups excluding carboxylic acids is 1. The molecule has 0 radical (unpaired) electrons. The van der Waals surface area contributed by atoms with Crippen molar-refractivity contribution in [3.05, 3.63) is 11.8 Å². The third-order valence-electron chi connectivity index (χ3n) is 3.43. The summed E-state index contributed by atoms with van der Waals surface area (Å²) in [5.41, 5.74) is 0. The molecule has 16 heavy (non-hydrogen) atoms. The highest BCUT2D eigenvalue weighted by Gasteiger charge is 2.24. The van der Waals surface area contributed by atoms with Crippen LogP contribution in [-0.4, -0.2) is 60.5 Å². The van der Waals surface area contributed by atoms with E-state index in [0.29, 0.717) is 18.8 Å². The van der Waals surface area contributed by atoms with Gasteiger partial charge >= 0.3 is 0 Å². The Kier molecular flexibility index (Phi) is 3.61. The minimum absolute atomic E-state index is 0.0721. The van der Waals surface area contributed by atoms with Crippen LogP contribution in [-0.2, 0) is 4.79 Å². The lowest BCUT2D eigenvalue weighted by Gasteiger charge is -2.35. The van der Waals surface area contributed by atoms with E-state index in [1.54, 1.807) is 0 Å². The summed E-state index contributed by atoms with van der Waals surface area (Å²) in [6.07, 6.45) is 2.63. The predicted octanol–water partition coefficient (Wildman–Crippen LogP) is 0.655. The van der Waals surface area contributed by atoms with E-state index < -0.39 is 0 Å². The molecule has 2 aliphatic rings. The number of ketones is 1. The van der Waals surface area contributed by atoms with Crippen molar-refractivity contribution in [3.8, 4) is 0 Å². The summed E-state index contributed by atoms with van der Waals surface area (Å²) >= 11 is 0. The van der Waals surface area contributed by atoms with Crippen molar-refractivity contribution in [2.45, 2.75) is 12.8 Å². The second-order valence-electron chi connectivity index (χ2n) is 4.98. The molecule has 0 spiro atoms. The van der Waals surface area contributed by atoms with Gasteiger partial charge in [-0.15, -0.1) is 0 Å². The molecule has 1 atom stereocenters. The number of aliphatic hydroxyl groups excluding tert-OH is 1. The van der Waals surface area contributed by atoms with Crippen LogP contribution in [0.3, 0.4) is 0 Å². The van der Waals surface area contributed by atoms with Gasteiger partial charge in [0, 0.05) is 51.6 Å². The van der Waals surface area contributed by atoms with Gasteiger partial charge in [-0.25, -0.2) is 0 Å². The average molecular weight is 224 g/mol. The molecule has 1 saturated heterocycles. The van der Waals surface area contributed by atoms with E-state index >= 15 is 0 Å². The summed E-state index contributed by atoms with van der Waals surface area (Å²) in [7, 11) is 2.13. The van der Waals surface area contributed by atoms with Gasteiger partial charge in [0.25, 0.3) is 0 Å². The van der Waals surface area contributed by atoms with E-state index in [1.807, 2.05) is 0 Å². The van der Waals surface area contributed by atoms with Gasteiger partial charge in [-0.05, 0) is 13.0 Å². The lowest BCUT2D eigenvalue weighted by Crippen LogP contribution is -2.46. The van der Waals surface area contributed by atoms with E-state index in [9.17, 15) is 9.90 Å². The highest BCUT2D eigenvalue weighted by atomic mass is 16.3. The largest absolute Gasteiger partial charge is 0.512 e. The number of rotatable bonds is 2. The Hall–Kier alpha value is -0.870. The summed E-state index contributed by atoms with van der Waals surface area (Å²) in [6.45, 7) is 5.29. The van der Waals surface area contributed by atoms with Crippen molar-refractivity contribution < 1.29 is 9.90 Å². The van der Waals surface area contributed by atoms with Gasteiger partial charge < -0.3 is 14.9 Å². The number of carbonyl (C=O) groups is 1. The predicted molar refractivity (Wildman–Crippen MR) is 62.4 cm³/mol. The molecule has 1 aliphatic carbocycles. The minimum Gasteiger partial charge on any atom is -0.512 e. The van der Waals surface area contributed by atoms with Crippen LogP contribution in [0, 0.1) is 5.92 Å². The van der Waals surface area contributed by atoms with E-state index in [4.69, 9.17) is 0 Å². The molecule has 2 rings (SSSR count). The quantitative estimate of drug-likeness (QED) is 0.748. The average Bonchev–Trinajstić information content (AvgIpc) is 2.20. The SMILES string of the molecule is CN1CCN(CC2CC(=O)C=C(O)C2)CC1. The smallest absolute Gasteiger partial charge is 0.159 e. The Morgan fingerprint density at radius 2 is 2.00 bits per heavy atom. The zero-order chi connectivity index (χ0) is 11.5. The fourth-order valence-electron chi connectivity index (χ4n) is 2.48. The van der Waals surface area contributed by atoms with Gasteiger partial charge in [-0.2, -0.15) is 0 Å². The molecule has 1 unspecified atom stereocenters. The number of aliphatic hydroxyl groups is 1. The lowest BCUT2D eigenvalue weighted by molar-refractivity contribution is -0.116. The number of piperazine rings is 1. The first-order chi connectivity index (χ1) is 7.63. The maximum atomic E-state index is 11.3. The molecule has 90 valence electrons. The van der Waals surface area contributed by atoms with Crippen LogP contribution in [0.2, 0.25) is 0 Å². The Labute approximate surface area is 96.5 Å². The highest BCUT2D eigenvalue weighted by molar-refractivity contribution is 5.91. The zero-order valence-corrected chi connectivity index (χ0v) is 9.85. The van der Waals surface area contributed by atoms with E-state index in [-0.39, 0.29) is 11.5 Å². The topological polar surface area (TPSA) is 43.8 Å². The monoisotopic (exact) mass is 224 g/mol. The zero-order valence-electron chi connectivity index (χ0n) is 9.85. The van der Waals surface area contributed by atoms with Gasteiger partial charge in [0.2, 0.25) is 0 Å². The molecule has 1 heterocycles. The standard InChI is InChI=1S/C12H20N2O2/c1-13-2-4-14(5-3-13)9-10-6-11(15)8-12(16)7-10/h8,10,15H,2-7,9H2,1H3. The van der Waals surface area contributed by atoms with Crippen LogP contribution < -0.4 is 0 Å². The number of nitrogens with zero attached hydrogens (tertiary/aromatic N) is 2. The molecule has 1 aliphatic heterocycles. The molecule has 1 N–H and O–H groups in total. The maximum Gasteiger partial charge on any atom is 0.159 e. The lowest BCUT2D eigenvalue weighted by atomic mass is 9.91. The minimum atomic E-state index is 0.0721. The second kappa shape index (κ2) is 4.97. The van der Waals surface area contributed by atoms with Crippen LogP contribution >= 0.6 is 0 Å². The number of allylic oxidation sites excluding steroid dienone is 2. The molecule has 0 aromatic rings. The molecular formula is C12H20N2O2. The van der Waals surface area contributed by atoms with E-state index in [2.05, 4.69) is 16.8 Å². The van der Waals surface area contributed by atoms with Crippen molar-refractivity contribution in [2.75, 3.05) is 39.8 Å². The van der Waals surface area contributed by atoms with Crippen LogP contribution in [0.1, 0.15) is 12.8 Å². The van der Waals surface area contributed by atoms with Gasteiger partial charge in [0.05, 0.1) is 5.76 Å². The summed E-state index contributed by atoms with van der Waals surface area (Å²) in [5.74, 6) is 0.638. The van der Waals surface area contributed by atoms with Crippen molar-refractivity contribution in [2.24, 2.45) is 5.92 Å². The molecule has 0 bridgehead atoms. The van der Waals surface area contributed by atoms with Crippen LogP contribution in [0.15, 0.2) is 11.8 Å². The van der Waals surface area contributed by atoms with Crippen LogP contribution in [0.25, 0.3) is 0 Å². The fourth-order valence-corrected chi connectivity index (χ4v) is 2.48. The molecule has 0 saturated carbocycles. The van der Waals surface area contributed by atoms with Crippen molar-refractivity contribution in [3.63, 3.8) is 0 Å². The Morgan fingerprint density at radius 1 is 1.31 bits per heavy atom. The van der Waals surface area contributed by atoms with Crippen molar-refractivity contribution >= 4 is 5.78 Å². The summed E-state index contributed by atoms with van der Waals surface area (Å²) in [6, 6.07) is 0. The first kappa shape index (κ1) is 11.6. The molecule has 4 nitrogen and oxygen atoms in total. The number of hydrogen-bond acceptors (Lipinski definition) is 4. The molecule has 0 amide bonds. The van der Waals surface area contributed by atoms with Gasteiger partial charge in [-0.3, -0.25) is 4.79 Å². The normalized spacial score (nSPS) is 29.2. The third-order valence-corrected chi connectivity index (χ3v) is 3.43. The van der Waals surface area contributed by atoms with E-state index in [0.717, 1.165) is 32.7 Å². The van der Waals surface area contributed by atoms with Crippen molar-refractivity contribution in [1.29, 1.82) is 0 Å². The van der Waals surface area contributed by atoms with Crippen LogP contribution in [0.4, 0.5) is 0 Å². The molecule has 1 fully saturated rings. The van der Waals surface area contributed by atoms with E-state index in [1.165, 1.54) is 6.08 Å². The van der Waals surface area contributed by atoms with Gasteiger partial charge in [-0.1, -0.05) is 0 Å². The third kappa shape index (κ3) is 3.06. The number of hydrogen-bond donors (Lipinski definition) is 1. The fraction of sp³-hybridized carbons (Fsp3) is 0.750. The Morgan fingerprint density at radius 3 is 2.62 bits per heavy atom. The maximum absolute atomic E-state index is 11.3. The Bertz CT molecular complexity index is 293. The van der Waals surface area contributed by atoms with Gasteiger partial charge in [0.15, 0.2) is 5.78 Å². The highest BCUT2D eigenvalue weighted by Crippen LogP contribution is 2.21. The Balaban J connectivity index is 1.82. The van der Waals surface area contributed by atoms with Crippen LogP contribution in [0.5, 0.6) is 0 Å². The molecule has 0 aromatic carbocycles. The summed E-state index contributed by atoms with van der Waals surface area (Å²) in [5, 5.41) is 9.44. The summed E-state index contributed by atoms with van der Waals surface area (Å²) in [4.78, 5) is 16.0. The molecular weight excluding hydrogens is 204 g/mol. The first-order valence-corrected chi connectivity index (χ1v) is 5.97. The first-order valence-electron chi connectivity index (χ1n) is 5.97. The molecule has 0 aromatic heterocycles. The molecule has 4 heteroatoms. The summed E-state index contributed by atoms with van der Waals surface area (Å²) < 4.78 is 0. The van der Waals surface area contributed by atoms with Crippen molar-refractivity contribution in [1.82, 2.24) is 9.80 Å². The second-order valence-corrected chi connectivity index (χ2v) is 4.98. The number of likely N-dealkylation sites (N-methyl/N-ethyl adjacent to an activating group) is 1. The van der Waals surface area contributed by atoms with Gasteiger partial charge in [0.1, 0.15) is 0 Å².